The molecule has 92 valence electrons. The topological polar surface area (TPSA) is 93.4 Å². The number of amides is 3. The van der Waals surface area contributed by atoms with E-state index in [0.29, 0.717) is 5.75 Å². The van der Waals surface area contributed by atoms with Crippen LogP contribution in [0.3, 0.4) is 0 Å². The third kappa shape index (κ3) is 4.02. The molecule has 0 aliphatic heterocycles. The number of imide groups is 1. The van der Waals surface area contributed by atoms with Gasteiger partial charge in [-0.3, -0.25) is 10.1 Å². The van der Waals surface area contributed by atoms with E-state index in [1.165, 1.54) is 0 Å². The number of methoxy groups -OCH3 is 1. The lowest BCUT2D eigenvalue weighted by Crippen LogP contribution is -2.38. The van der Waals surface area contributed by atoms with Crippen LogP contribution in [-0.4, -0.2) is 25.6 Å². The monoisotopic (exact) mass is 237 g/mol. The molecule has 1 rings (SSSR count). The summed E-state index contributed by atoms with van der Waals surface area (Å²) in [6.07, 6.45) is 0. The maximum absolute atomic E-state index is 11.2. The van der Waals surface area contributed by atoms with Gasteiger partial charge < -0.3 is 15.8 Å². The Morgan fingerprint density at radius 3 is 2.71 bits per heavy atom. The number of aryl methyl sites for hydroxylation is 1. The van der Waals surface area contributed by atoms with Crippen LogP contribution in [-0.2, 0) is 4.79 Å². The highest BCUT2D eigenvalue weighted by Gasteiger charge is 2.05. The van der Waals surface area contributed by atoms with Crippen molar-refractivity contribution in [3.63, 3.8) is 0 Å². The van der Waals surface area contributed by atoms with Crippen LogP contribution in [0.25, 0.3) is 0 Å². The molecule has 0 atom stereocenters. The standard InChI is InChI=1S/C11H15N3O3/c1-7-3-4-8(17-2)5-9(7)13-6-10(15)14-11(12)16/h3-5,13H,6H2,1-2H3,(H3,12,14,15,16). The van der Waals surface area contributed by atoms with Gasteiger partial charge in [0.25, 0.3) is 0 Å². The summed E-state index contributed by atoms with van der Waals surface area (Å²) in [5.41, 5.74) is 6.56. The van der Waals surface area contributed by atoms with Crippen LogP contribution < -0.4 is 21.1 Å². The Kier molecular flexibility index (Phi) is 4.33. The van der Waals surface area contributed by atoms with E-state index in [4.69, 9.17) is 10.5 Å². The summed E-state index contributed by atoms with van der Waals surface area (Å²) in [6, 6.07) is 4.60. The maximum Gasteiger partial charge on any atom is 0.318 e. The SMILES string of the molecule is COc1ccc(C)c(NCC(=O)NC(N)=O)c1. The Morgan fingerprint density at radius 1 is 1.41 bits per heavy atom. The van der Waals surface area contributed by atoms with Crippen molar-refractivity contribution in [2.45, 2.75) is 6.92 Å². The average molecular weight is 237 g/mol. The van der Waals surface area contributed by atoms with Crippen molar-refractivity contribution in [2.24, 2.45) is 5.73 Å². The van der Waals surface area contributed by atoms with E-state index < -0.39 is 11.9 Å². The lowest BCUT2D eigenvalue weighted by atomic mass is 10.2. The van der Waals surface area contributed by atoms with Gasteiger partial charge in [-0.05, 0) is 18.6 Å². The highest BCUT2D eigenvalue weighted by atomic mass is 16.5. The molecule has 0 bridgehead atoms. The van der Waals surface area contributed by atoms with Gasteiger partial charge in [0.15, 0.2) is 0 Å². The second-order valence-electron chi connectivity index (χ2n) is 3.45. The van der Waals surface area contributed by atoms with Gasteiger partial charge in [-0.2, -0.15) is 0 Å². The van der Waals surface area contributed by atoms with Crippen LogP contribution in [0, 0.1) is 6.92 Å². The quantitative estimate of drug-likeness (QED) is 0.715. The first-order valence-electron chi connectivity index (χ1n) is 5.00. The number of hydrogen-bond acceptors (Lipinski definition) is 4. The largest absolute Gasteiger partial charge is 0.497 e. The number of urea groups is 1. The molecule has 0 spiro atoms. The molecule has 0 unspecified atom stereocenters. The zero-order valence-electron chi connectivity index (χ0n) is 9.74. The normalized spacial score (nSPS) is 9.53. The summed E-state index contributed by atoms with van der Waals surface area (Å²) in [4.78, 5) is 21.6. The zero-order chi connectivity index (χ0) is 12.8. The van der Waals surface area contributed by atoms with E-state index >= 15 is 0 Å². The van der Waals surface area contributed by atoms with Crippen molar-refractivity contribution in [1.82, 2.24) is 5.32 Å². The Labute approximate surface area is 99.1 Å². The number of rotatable bonds is 4. The summed E-state index contributed by atoms with van der Waals surface area (Å²) in [7, 11) is 1.56. The lowest BCUT2D eigenvalue weighted by molar-refractivity contribution is -0.118. The van der Waals surface area contributed by atoms with E-state index in [2.05, 4.69) is 5.32 Å². The van der Waals surface area contributed by atoms with Crippen LogP contribution in [0.2, 0.25) is 0 Å². The van der Waals surface area contributed by atoms with Gasteiger partial charge >= 0.3 is 6.03 Å². The van der Waals surface area contributed by atoms with Gasteiger partial charge in [0, 0.05) is 11.8 Å². The number of anilines is 1. The summed E-state index contributed by atoms with van der Waals surface area (Å²) in [6.45, 7) is 1.87. The van der Waals surface area contributed by atoms with Gasteiger partial charge in [0.2, 0.25) is 5.91 Å². The fourth-order valence-electron chi connectivity index (χ4n) is 1.28. The molecule has 17 heavy (non-hydrogen) atoms. The van der Waals surface area contributed by atoms with Crippen molar-refractivity contribution >= 4 is 17.6 Å². The van der Waals surface area contributed by atoms with Crippen molar-refractivity contribution < 1.29 is 14.3 Å². The molecular weight excluding hydrogens is 222 g/mol. The Morgan fingerprint density at radius 2 is 2.12 bits per heavy atom. The molecule has 0 aromatic heterocycles. The molecular formula is C11H15N3O3. The molecule has 0 aliphatic rings. The number of ether oxygens (including phenoxy) is 1. The van der Waals surface area contributed by atoms with Crippen molar-refractivity contribution in [2.75, 3.05) is 19.0 Å². The van der Waals surface area contributed by atoms with E-state index in [1.807, 2.05) is 24.4 Å². The zero-order valence-corrected chi connectivity index (χ0v) is 9.74. The number of hydrogen-bond donors (Lipinski definition) is 3. The number of nitrogens with one attached hydrogen (secondary N) is 2. The summed E-state index contributed by atoms with van der Waals surface area (Å²) >= 11 is 0. The van der Waals surface area contributed by atoms with Crippen LogP contribution in [0.5, 0.6) is 5.75 Å². The van der Waals surface area contributed by atoms with Crippen molar-refractivity contribution in [1.29, 1.82) is 0 Å². The molecule has 4 N–H and O–H groups in total. The van der Waals surface area contributed by atoms with E-state index in [0.717, 1.165) is 11.3 Å². The van der Waals surface area contributed by atoms with Gasteiger partial charge in [-0.25, -0.2) is 4.79 Å². The van der Waals surface area contributed by atoms with Gasteiger partial charge in [0.1, 0.15) is 5.75 Å². The fraction of sp³-hybridized carbons (Fsp3) is 0.273. The first kappa shape index (κ1) is 12.8. The summed E-state index contributed by atoms with van der Waals surface area (Å²) < 4.78 is 5.07. The minimum atomic E-state index is -0.862. The molecule has 0 aliphatic carbocycles. The molecule has 0 saturated carbocycles. The Balaban J connectivity index is 2.62. The lowest BCUT2D eigenvalue weighted by Gasteiger charge is -2.10. The van der Waals surface area contributed by atoms with Crippen LogP contribution >= 0.6 is 0 Å². The number of carbonyl (C=O) groups excluding carboxylic acids is 2. The molecule has 1 aromatic rings. The van der Waals surface area contributed by atoms with Crippen LogP contribution in [0.1, 0.15) is 5.56 Å². The Hall–Kier alpha value is -2.24. The minimum absolute atomic E-state index is 0.0308. The predicted octanol–water partition coefficient (Wildman–Crippen LogP) is 0.610. The second kappa shape index (κ2) is 5.74. The summed E-state index contributed by atoms with van der Waals surface area (Å²) in [5.74, 6) is 0.202. The second-order valence-corrected chi connectivity index (χ2v) is 3.45. The number of nitrogens with two attached hydrogens (primary N) is 1. The highest BCUT2D eigenvalue weighted by Crippen LogP contribution is 2.21. The third-order valence-electron chi connectivity index (χ3n) is 2.15. The minimum Gasteiger partial charge on any atom is -0.497 e. The van der Waals surface area contributed by atoms with Crippen molar-refractivity contribution in [3.05, 3.63) is 23.8 Å². The summed E-state index contributed by atoms with van der Waals surface area (Å²) in [5, 5.41) is 4.86. The van der Waals surface area contributed by atoms with Gasteiger partial charge in [-0.15, -0.1) is 0 Å². The Bertz CT molecular complexity index is 432. The van der Waals surface area contributed by atoms with Gasteiger partial charge in [-0.1, -0.05) is 6.07 Å². The van der Waals surface area contributed by atoms with E-state index in [9.17, 15) is 9.59 Å². The first-order chi connectivity index (χ1) is 8.02. The highest BCUT2D eigenvalue weighted by molar-refractivity contribution is 5.95. The fourth-order valence-corrected chi connectivity index (χ4v) is 1.28. The molecule has 6 heteroatoms. The van der Waals surface area contributed by atoms with Crippen molar-refractivity contribution in [3.8, 4) is 5.75 Å². The number of primary amides is 1. The molecule has 1 aromatic carbocycles. The molecule has 6 nitrogen and oxygen atoms in total. The first-order valence-corrected chi connectivity index (χ1v) is 5.00. The number of benzene rings is 1. The molecule has 0 saturated heterocycles. The number of carbonyl (C=O) groups is 2. The van der Waals surface area contributed by atoms with E-state index in [1.54, 1.807) is 13.2 Å². The molecule has 0 fully saturated rings. The maximum atomic E-state index is 11.2. The molecule has 3 amide bonds. The smallest absolute Gasteiger partial charge is 0.318 e. The predicted molar refractivity (Wildman–Crippen MR) is 63.9 cm³/mol. The average Bonchev–Trinajstić information content (AvgIpc) is 2.27. The third-order valence-corrected chi connectivity index (χ3v) is 2.15. The van der Waals surface area contributed by atoms with Crippen LogP contribution in [0.15, 0.2) is 18.2 Å². The van der Waals surface area contributed by atoms with Gasteiger partial charge in [0.05, 0.1) is 13.7 Å². The molecule has 0 heterocycles. The van der Waals surface area contributed by atoms with E-state index in [-0.39, 0.29) is 6.54 Å². The molecule has 0 radical (unpaired) electrons. The van der Waals surface area contributed by atoms with Crippen LogP contribution in [0.4, 0.5) is 10.5 Å².